The highest BCUT2D eigenvalue weighted by molar-refractivity contribution is 9.10. The van der Waals surface area contributed by atoms with Crippen molar-refractivity contribution in [2.24, 2.45) is 0 Å². The maximum atomic E-state index is 12.1. The SMILES string of the molecule is CCC(C)Nc1ncc(C(=O)Nc2ccc(Br)cc2)cn1. The second kappa shape index (κ2) is 7.17. The minimum absolute atomic E-state index is 0.229. The van der Waals surface area contributed by atoms with Gasteiger partial charge in [0.1, 0.15) is 0 Å². The van der Waals surface area contributed by atoms with Gasteiger partial charge in [0.05, 0.1) is 5.56 Å². The van der Waals surface area contributed by atoms with E-state index in [9.17, 15) is 4.79 Å². The molecule has 0 aliphatic rings. The van der Waals surface area contributed by atoms with Gasteiger partial charge in [0, 0.05) is 28.6 Å². The van der Waals surface area contributed by atoms with Gasteiger partial charge < -0.3 is 10.6 Å². The van der Waals surface area contributed by atoms with Crippen molar-refractivity contribution in [3.05, 3.63) is 46.7 Å². The van der Waals surface area contributed by atoms with Gasteiger partial charge in [-0.05, 0) is 37.6 Å². The van der Waals surface area contributed by atoms with Crippen LogP contribution >= 0.6 is 15.9 Å². The van der Waals surface area contributed by atoms with Gasteiger partial charge in [0.15, 0.2) is 0 Å². The number of aromatic nitrogens is 2. The summed E-state index contributed by atoms with van der Waals surface area (Å²) in [4.78, 5) is 20.4. The highest BCUT2D eigenvalue weighted by Crippen LogP contribution is 2.15. The highest BCUT2D eigenvalue weighted by Gasteiger charge is 2.08. The molecule has 1 unspecified atom stereocenters. The fourth-order valence-electron chi connectivity index (χ4n) is 1.58. The van der Waals surface area contributed by atoms with E-state index in [4.69, 9.17) is 0 Å². The Morgan fingerprint density at radius 1 is 1.24 bits per heavy atom. The van der Waals surface area contributed by atoms with Gasteiger partial charge in [0.25, 0.3) is 5.91 Å². The van der Waals surface area contributed by atoms with Crippen molar-refractivity contribution in [3.8, 4) is 0 Å². The molecule has 0 saturated heterocycles. The summed E-state index contributed by atoms with van der Waals surface area (Å²) in [5.74, 6) is 0.303. The maximum Gasteiger partial charge on any atom is 0.258 e. The number of halogens is 1. The first-order valence-electron chi connectivity index (χ1n) is 6.74. The number of amides is 1. The Hall–Kier alpha value is -1.95. The number of carbonyl (C=O) groups is 1. The summed E-state index contributed by atoms with van der Waals surface area (Å²) < 4.78 is 0.962. The average molecular weight is 349 g/mol. The summed E-state index contributed by atoms with van der Waals surface area (Å²) in [5, 5.41) is 5.95. The molecule has 2 N–H and O–H groups in total. The van der Waals surface area contributed by atoms with Gasteiger partial charge in [-0.3, -0.25) is 4.79 Å². The van der Waals surface area contributed by atoms with Crippen molar-refractivity contribution >= 4 is 33.5 Å². The van der Waals surface area contributed by atoms with Gasteiger partial charge in [-0.15, -0.1) is 0 Å². The minimum Gasteiger partial charge on any atom is -0.352 e. The van der Waals surface area contributed by atoms with Crippen molar-refractivity contribution in [3.63, 3.8) is 0 Å². The van der Waals surface area contributed by atoms with Crippen LogP contribution in [-0.4, -0.2) is 21.9 Å². The Kier molecular flexibility index (Phi) is 5.27. The molecule has 2 aromatic rings. The number of benzene rings is 1. The molecule has 5 nitrogen and oxygen atoms in total. The molecular formula is C15H17BrN4O. The van der Waals surface area contributed by atoms with Crippen molar-refractivity contribution in [2.75, 3.05) is 10.6 Å². The van der Waals surface area contributed by atoms with Crippen LogP contribution < -0.4 is 10.6 Å². The number of anilines is 2. The van der Waals surface area contributed by atoms with Gasteiger partial charge in [-0.2, -0.15) is 0 Å². The molecule has 6 heteroatoms. The van der Waals surface area contributed by atoms with E-state index >= 15 is 0 Å². The Morgan fingerprint density at radius 2 is 1.86 bits per heavy atom. The van der Waals surface area contributed by atoms with Crippen LogP contribution in [-0.2, 0) is 0 Å². The molecule has 110 valence electrons. The molecule has 1 heterocycles. The summed E-state index contributed by atoms with van der Waals surface area (Å²) >= 11 is 3.35. The molecule has 0 bridgehead atoms. The predicted octanol–water partition coefficient (Wildman–Crippen LogP) is 3.70. The van der Waals surface area contributed by atoms with E-state index in [0.717, 1.165) is 16.6 Å². The Morgan fingerprint density at radius 3 is 2.43 bits per heavy atom. The van der Waals surface area contributed by atoms with E-state index in [0.29, 0.717) is 17.6 Å². The first kappa shape index (κ1) is 15.4. The largest absolute Gasteiger partial charge is 0.352 e. The Bertz CT molecular complexity index is 598. The van der Waals surface area contributed by atoms with Crippen LogP contribution in [0.2, 0.25) is 0 Å². The summed E-state index contributed by atoms with van der Waals surface area (Å²) in [6, 6.07) is 7.67. The smallest absolute Gasteiger partial charge is 0.258 e. The number of hydrogen-bond acceptors (Lipinski definition) is 4. The van der Waals surface area contributed by atoms with Crippen molar-refractivity contribution in [2.45, 2.75) is 26.3 Å². The maximum absolute atomic E-state index is 12.1. The first-order valence-corrected chi connectivity index (χ1v) is 7.53. The molecular weight excluding hydrogens is 332 g/mol. The fourth-order valence-corrected chi connectivity index (χ4v) is 1.84. The lowest BCUT2D eigenvalue weighted by Crippen LogP contribution is -2.17. The third kappa shape index (κ3) is 4.53. The number of rotatable bonds is 5. The molecule has 0 spiro atoms. The predicted molar refractivity (Wildman–Crippen MR) is 87.5 cm³/mol. The minimum atomic E-state index is -0.229. The standard InChI is InChI=1S/C15H17BrN4O/c1-3-10(2)19-15-17-8-11(9-18-15)14(21)20-13-6-4-12(16)5-7-13/h4-10H,3H2,1-2H3,(H,20,21)(H,17,18,19). The number of carbonyl (C=O) groups excluding carboxylic acids is 1. The summed E-state index contributed by atoms with van der Waals surface area (Å²) in [6.45, 7) is 4.13. The van der Waals surface area contributed by atoms with E-state index in [-0.39, 0.29) is 5.91 Å². The molecule has 0 saturated carbocycles. The summed E-state index contributed by atoms with van der Waals surface area (Å²) in [6.07, 6.45) is 4.02. The third-order valence-corrected chi connectivity index (χ3v) is 3.53. The van der Waals surface area contributed by atoms with Crippen LogP contribution in [0.4, 0.5) is 11.6 Å². The molecule has 0 fully saturated rings. The molecule has 0 aliphatic heterocycles. The van der Waals surface area contributed by atoms with E-state index in [1.54, 1.807) is 0 Å². The number of nitrogens with zero attached hydrogens (tertiary/aromatic N) is 2. The normalized spacial score (nSPS) is 11.8. The third-order valence-electron chi connectivity index (χ3n) is 3.00. The van der Waals surface area contributed by atoms with Crippen LogP contribution in [0.3, 0.4) is 0 Å². The molecule has 1 aromatic heterocycles. The number of hydrogen-bond donors (Lipinski definition) is 2. The molecule has 1 amide bonds. The lowest BCUT2D eigenvalue weighted by Gasteiger charge is -2.11. The zero-order valence-electron chi connectivity index (χ0n) is 11.9. The average Bonchev–Trinajstić information content (AvgIpc) is 2.50. The molecule has 1 aromatic carbocycles. The van der Waals surface area contributed by atoms with E-state index in [2.05, 4.69) is 50.4 Å². The lowest BCUT2D eigenvalue weighted by atomic mass is 10.2. The molecule has 2 rings (SSSR count). The van der Waals surface area contributed by atoms with Crippen LogP contribution in [0, 0.1) is 0 Å². The van der Waals surface area contributed by atoms with Gasteiger partial charge in [0.2, 0.25) is 5.95 Å². The van der Waals surface area contributed by atoms with Crippen LogP contribution in [0.15, 0.2) is 41.1 Å². The Balaban J connectivity index is 2.01. The molecule has 0 aliphatic carbocycles. The topological polar surface area (TPSA) is 66.9 Å². The van der Waals surface area contributed by atoms with Gasteiger partial charge in [-0.25, -0.2) is 9.97 Å². The van der Waals surface area contributed by atoms with Gasteiger partial charge in [-0.1, -0.05) is 22.9 Å². The van der Waals surface area contributed by atoms with Crippen molar-refractivity contribution in [1.82, 2.24) is 9.97 Å². The monoisotopic (exact) mass is 348 g/mol. The highest BCUT2D eigenvalue weighted by atomic mass is 79.9. The zero-order valence-corrected chi connectivity index (χ0v) is 13.5. The number of nitrogens with one attached hydrogen (secondary N) is 2. The van der Waals surface area contributed by atoms with Crippen molar-refractivity contribution < 1.29 is 4.79 Å². The second-order valence-corrected chi connectivity index (χ2v) is 5.63. The van der Waals surface area contributed by atoms with E-state index in [1.807, 2.05) is 24.3 Å². The quantitative estimate of drug-likeness (QED) is 0.864. The van der Waals surface area contributed by atoms with Crippen molar-refractivity contribution in [1.29, 1.82) is 0 Å². The lowest BCUT2D eigenvalue weighted by molar-refractivity contribution is 0.102. The van der Waals surface area contributed by atoms with Crippen LogP contribution in [0.5, 0.6) is 0 Å². The fraction of sp³-hybridized carbons (Fsp3) is 0.267. The van der Waals surface area contributed by atoms with Gasteiger partial charge >= 0.3 is 0 Å². The molecule has 1 atom stereocenters. The zero-order chi connectivity index (χ0) is 15.2. The summed E-state index contributed by atoms with van der Waals surface area (Å²) in [7, 11) is 0. The molecule has 0 radical (unpaired) electrons. The second-order valence-electron chi connectivity index (χ2n) is 4.71. The Labute approximate surface area is 132 Å². The molecule has 21 heavy (non-hydrogen) atoms. The van der Waals surface area contributed by atoms with E-state index in [1.165, 1.54) is 12.4 Å². The summed E-state index contributed by atoms with van der Waals surface area (Å²) in [5.41, 5.74) is 1.15. The van der Waals surface area contributed by atoms with Crippen LogP contribution in [0.1, 0.15) is 30.6 Å². The first-order chi connectivity index (χ1) is 10.1. The van der Waals surface area contributed by atoms with Crippen LogP contribution in [0.25, 0.3) is 0 Å². The van der Waals surface area contributed by atoms with E-state index < -0.39 is 0 Å².